The van der Waals surface area contributed by atoms with Gasteiger partial charge in [-0.15, -0.1) is 11.3 Å². The van der Waals surface area contributed by atoms with Gasteiger partial charge in [-0.2, -0.15) is 4.98 Å². The molecule has 3 aromatic heterocycles. The molecule has 0 fully saturated rings. The van der Waals surface area contributed by atoms with Gasteiger partial charge in [-0.1, -0.05) is 11.2 Å². The smallest absolute Gasteiger partial charge is 0.307 e. The number of hydrogen-bond donors (Lipinski definition) is 1. The number of aryl methyl sites for hydroxylation is 2. The van der Waals surface area contributed by atoms with Crippen LogP contribution < -0.4 is 0 Å². The fourth-order valence-corrected chi connectivity index (χ4v) is 3.76. The number of hydrogen-bond acceptors (Lipinski definition) is 8. The Kier molecular flexibility index (Phi) is 6.07. The molecule has 0 aliphatic heterocycles. The summed E-state index contributed by atoms with van der Waals surface area (Å²) in [5, 5.41) is 5.80. The first kappa shape index (κ1) is 20.7. The number of carbonyl (C=O) groups is 3. The van der Waals surface area contributed by atoms with E-state index in [1.54, 1.807) is 13.8 Å². The predicted octanol–water partition coefficient (Wildman–Crippen LogP) is 3.69. The molecule has 8 nitrogen and oxygen atoms in total. The van der Waals surface area contributed by atoms with Gasteiger partial charge in [-0.3, -0.25) is 14.4 Å². The number of rotatable bonds is 8. The molecule has 0 aliphatic carbocycles. The number of H-pyrrole nitrogens is 1. The van der Waals surface area contributed by atoms with E-state index in [1.165, 1.54) is 25.2 Å². The van der Waals surface area contributed by atoms with Crippen LogP contribution in [0.3, 0.4) is 0 Å². The minimum atomic E-state index is -0.983. The first-order chi connectivity index (χ1) is 13.8. The van der Waals surface area contributed by atoms with E-state index in [9.17, 15) is 14.4 Å². The fraction of sp³-hybridized carbons (Fsp3) is 0.350. The van der Waals surface area contributed by atoms with Gasteiger partial charge in [0.05, 0.1) is 17.0 Å². The first-order valence-corrected chi connectivity index (χ1v) is 9.96. The maximum absolute atomic E-state index is 12.6. The normalized spacial score (nSPS) is 12.0. The average Bonchev–Trinajstić information content (AvgIpc) is 3.39. The highest BCUT2D eigenvalue weighted by Crippen LogP contribution is 2.22. The standard InChI is InChI=1S/C20H21N3O5S/c1-10-17(12(3)24)11(2)21-18(10)19(26)13(4)27-16(25)8-7-15-22-20(23-28-15)14-6-5-9-29-14/h5-6,9,13,21H,7-8H2,1-4H3/t13-/m1/s1. The Morgan fingerprint density at radius 1 is 1.31 bits per heavy atom. The lowest BCUT2D eigenvalue weighted by Crippen LogP contribution is -2.25. The summed E-state index contributed by atoms with van der Waals surface area (Å²) < 4.78 is 10.4. The van der Waals surface area contributed by atoms with E-state index in [0.717, 1.165) is 4.88 Å². The molecule has 0 saturated carbocycles. The van der Waals surface area contributed by atoms with Gasteiger partial charge >= 0.3 is 5.97 Å². The van der Waals surface area contributed by atoms with Crippen LogP contribution in [0.15, 0.2) is 22.0 Å². The summed E-state index contributed by atoms with van der Waals surface area (Å²) in [7, 11) is 0. The quantitative estimate of drug-likeness (QED) is 0.440. The highest BCUT2D eigenvalue weighted by Gasteiger charge is 2.26. The third-order valence-corrected chi connectivity index (χ3v) is 5.33. The topological polar surface area (TPSA) is 115 Å². The van der Waals surface area contributed by atoms with Gasteiger partial charge in [0.2, 0.25) is 17.5 Å². The van der Waals surface area contributed by atoms with Gasteiger partial charge in [0.15, 0.2) is 11.9 Å². The van der Waals surface area contributed by atoms with Crippen LogP contribution in [0, 0.1) is 13.8 Å². The highest BCUT2D eigenvalue weighted by molar-refractivity contribution is 7.13. The Balaban J connectivity index is 1.57. The second-order valence-electron chi connectivity index (χ2n) is 6.67. The van der Waals surface area contributed by atoms with Gasteiger partial charge in [0.1, 0.15) is 0 Å². The van der Waals surface area contributed by atoms with Crippen molar-refractivity contribution in [3.63, 3.8) is 0 Å². The van der Waals surface area contributed by atoms with Gasteiger partial charge in [-0.05, 0) is 44.7 Å². The van der Waals surface area contributed by atoms with E-state index in [-0.39, 0.29) is 30.1 Å². The lowest BCUT2D eigenvalue weighted by molar-refractivity contribution is -0.146. The first-order valence-electron chi connectivity index (χ1n) is 9.08. The number of carbonyl (C=O) groups excluding carboxylic acids is 3. The second kappa shape index (κ2) is 8.52. The van der Waals surface area contributed by atoms with Crippen molar-refractivity contribution < 1.29 is 23.6 Å². The summed E-state index contributed by atoms with van der Waals surface area (Å²) >= 11 is 1.49. The number of ketones is 2. The Labute approximate surface area is 171 Å². The Morgan fingerprint density at radius 3 is 2.69 bits per heavy atom. The summed E-state index contributed by atoms with van der Waals surface area (Å²) in [5.74, 6) is -0.253. The number of aromatic amines is 1. The molecule has 0 unspecified atom stereocenters. The maximum Gasteiger partial charge on any atom is 0.307 e. The largest absolute Gasteiger partial charge is 0.454 e. The van der Waals surface area contributed by atoms with Crippen molar-refractivity contribution in [3.8, 4) is 10.7 Å². The van der Waals surface area contributed by atoms with Crippen molar-refractivity contribution in [2.45, 2.75) is 46.6 Å². The lowest BCUT2D eigenvalue weighted by Gasteiger charge is -2.11. The molecule has 0 spiro atoms. The van der Waals surface area contributed by atoms with Crippen molar-refractivity contribution in [2.24, 2.45) is 0 Å². The zero-order valence-electron chi connectivity index (χ0n) is 16.6. The van der Waals surface area contributed by atoms with Crippen molar-refractivity contribution in [1.29, 1.82) is 0 Å². The molecule has 0 amide bonds. The number of ether oxygens (including phenoxy) is 1. The van der Waals surface area contributed by atoms with E-state index in [1.807, 2.05) is 17.5 Å². The number of aromatic nitrogens is 3. The Hall–Kier alpha value is -3.07. The average molecular weight is 415 g/mol. The van der Waals surface area contributed by atoms with Crippen molar-refractivity contribution in [2.75, 3.05) is 0 Å². The predicted molar refractivity (Wildman–Crippen MR) is 106 cm³/mol. The number of nitrogens with zero attached hydrogens (tertiary/aromatic N) is 2. The molecule has 1 atom stereocenters. The zero-order chi connectivity index (χ0) is 21.1. The summed E-state index contributed by atoms with van der Waals surface area (Å²) in [4.78, 5) is 44.6. The number of thiophene rings is 1. The molecule has 152 valence electrons. The minimum Gasteiger partial charge on any atom is -0.454 e. The van der Waals surface area contributed by atoms with E-state index in [4.69, 9.17) is 9.26 Å². The molecule has 0 aliphatic rings. The Morgan fingerprint density at radius 2 is 2.07 bits per heavy atom. The molecule has 0 aromatic carbocycles. The van der Waals surface area contributed by atoms with Crippen LogP contribution in [0.2, 0.25) is 0 Å². The summed E-state index contributed by atoms with van der Waals surface area (Å²) in [6, 6.07) is 3.77. The van der Waals surface area contributed by atoms with E-state index in [2.05, 4.69) is 15.1 Å². The molecule has 0 radical (unpaired) electrons. The number of esters is 1. The van der Waals surface area contributed by atoms with Crippen LogP contribution in [-0.4, -0.2) is 38.8 Å². The number of nitrogens with one attached hydrogen (secondary N) is 1. The van der Waals surface area contributed by atoms with E-state index >= 15 is 0 Å². The van der Waals surface area contributed by atoms with Gasteiger partial charge in [-0.25, -0.2) is 0 Å². The lowest BCUT2D eigenvalue weighted by atomic mass is 10.0. The molecule has 3 rings (SSSR count). The summed E-state index contributed by atoms with van der Waals surface area (Å²) in [6.07, 6.45) is -0.762. The van der Waals surface area contributed by atoms with Crippen LogP contribution in [0.5, 0.6) is 0 Å². The van der Waals surface area contributed by atoms with Gasteiger partial charge < -0.3 is 14.2 Å². The molecular formula is C20H21N3O5S. The monoisotopic (exact) mass is 415 g/mol. The molecule has 3 heterocycles. The number of Topliss-reactive ketones (excluding diaryl/α,β-unsaturated/α-hetero) is 2. The van der Waals surface area contributed by atoms with Crippen LogP contribution >= 0.6 is 11.3 Å². The van der Waals surface area contributed by atoms with Crippen molar-refractivity contribution in [1.82, 2.24) is 15.1 Å². The summed E-state index contributed by atoms with van der Waals surface area (Å²) in [6.45, 7) is 6.38. The van der Waals surface area contributed by atoms with E-state index in [0.29, 0.717) is 28.5 Å². The second-order valence-corrected chi connectivity index (χ2v) is 7.61. The zero-order valence-corrected chi connectivity index (χ0v) is 17.4. The fourth-order valence-electron chi connectivity index (χ4n) is 3.11. The summed E-state index contributed by atoms with van der Waals surface area (Å²) in [5.41, 5.74) is 1.96. The van der Waals surface area contributed by atoms with Crippen LogP contribution in [0.1, 0.15) is 58.3 Å². The minimum absolute atomic E-state index is 0.00509. The van der Waals surface area contributed by atoms with Crippen molar-refractivity contribution >= 4 is 28.9 Å². The van der Waals surface area contributed by atoms with Crippen molar-refractivity contribution in [3.05, 3.63) is 45.9 Å². The SMILES string of the molecule is CC(=O)c1c(C)[nH]c(C(=O)[C@@H](C)OC(=O)CCc2nc(-c3cccs3)no2)c1C. The molecule has 29 heavy (non-hydrogen) atoms. The molecule has 0 bridgehead atoms. The van der Waals surface area contributed by atoms with Crippen LogP contribution in [0.4, 0.5) is 0 Å². The third-order valence-electron chi connectivity index (χ3n) is 4.47. The maximum atomic E-state index is 12.6. The molecule has 9 heteroatoms. The highest BCUT2D eigenvalue weighted by atomic mass is 32.1. The molecule has 1 N–H and O–H groups in total. The third kappa shape index (κ3) is 4.51. The van der Waals surface area contributed by atoms with Crippen LogP contribution in [-0.2, 0) is 16.0 Å². The Bertz CT molecular complexity index is 1050. The molecular weight excluding hydrogens is 394 g/mol. The van der Waals surface area contributed by atoms with Gasteiger partial charge in [0, 0.05) is 17.7 Å². The molecule has 0 saturated heterocycles. The van der Waals surface area contributed by atoms with Crippen LogP contribution in [0.25, 0.3) is 10.7 Å². The van der Waals surface area contributed by atoms with Gasteiger partial charge in [0.25, 0.3) is 0 Å². The van der Waals surface area contributed by atoms with E-state index < -0.39 is 12.1 Å². The molecule has 3 aromatic rings.